The zero-order valence-electron chi connectivity index (χ0n) is 8.50. The lowest BCUT2D eigenvalue weighted by Crippen LogP contribution is -2.27. The SMILES string of the molecule is CC(O)CN[C@H](C)c1ccc(F)cc1. The summed E-state index contributed by atoms with van der Waals surface area (Å²) in [6.07, 6.45) is -0.363. The van der Waals surface area contributed by atoms with E-state index in [9.17, 15) is 4.39 Å². The highest BCUT2D eigenvalue weighted by atomic mass is 19.1. The summed E-state index contributed by atoms with van der Waals surface area (Å²) in [5, 5.41) is 12.2. The van der Waals surface area contributed by atoms with Gasteiger partial charge in [-0.1, -0.05) is 12.1 Å². The molecule has 2 N–H and O–H groups in total. The van der Waals surface area contributed by atoms with Gasteiger partial charge in [-0.15, -0.1) is 0 Å². The molecular formula is C11H16FNO. The predicted octanol–water partition coefficient (Wildman–Crippen LogP) is 1.86. The Kier molecular flexibility index (Phi) is 4.04. The van der Waals surface area contributed by atoms with Crippen molar-refractivity contribution in [2.24, 2.45) is 0 Å². The van der Waals surface area contributed by atoms with Crippen molar-refractivity contribution < 1.29 is 9.50 Å². The highest BCUT2D eigenvalue weighted by molar-refractivity contribution is 5.19. The van der Waals surface area contributed by atoms with Crippen molar-refractivity contribution in [3.05, 3.63) is 35.6 Å². The van der Waals surface area contributed by atoms with Crippen LogP contribution in [0.25, 0.3) is 0 Å². The highest BCUT2D eigenvalue weighted by Gasteiger charge is 2.05. The summed E-state index contributed by atoms with van der Waals surface area (Å²) in [6, 6.07) is 6.50. The summed E-state index contributed by atoms with van der Waals surface area (Å²) in [6.45, 7) is 4.25. The maximum absolute atomic E-state index is 12.6. The summed E-state index contributed by atoms with van der Waals surface area (Å²) in [5.74, 6) is -0.225. The topological polar surface area (TPSA) is 32.3 Å². The number of hydrogen-bond acceptors (Lipinski definition) is 2. The molecule has 2 atom stereocenters. The molecule has 1 rings (SSSR count). The number of aliphatic hydroxyl groups excluding tert-OH is 1. The summed E-state index contributed by atoms with van der Waals surface area (Å²) in [5.41, 5.74) is 1.02. The highest BCUT2D eigenvalue weighted by Crippen LogP contribution is 2.12. The molecule has 0 aliphatic rings. The molecular weight excluding hydrogens is 181 g/mol. The Morgan fingerprint density at radius 3 is 2.36 bits per heavy atom. The van der Waals surface area contributed by atoms with Crippen LogP contribution in [0.1, 0.15) is 25.5 Å². The van der Waals surface area contributed by atoms with E-state index in [4.69, 9.17) is 5.11 Å². The van der Waals surface area contributed by atoms with E-state index in [1.807, 2.05) is 6.92 Å². The Labute approximate surface area is 83.8 Å². The van der Waals surface area contributed by atoms with Gasteiger partial charge in [0.15, 0.2) is 0 Å². The molecule has 14 heavy (non-hydrogen) atoms. The van der Waals surface area contributed by atoms with Gasteiger partial charge < -0.3 is 10.4 Å². The number of nitrogens with one attached hydrogen (secondary N) is 1. The van der Waals surface area contributed by atoms with Gasteiger partial charge in [-0.05, 0) is 31.5 Å². The first-order valence-electron chi connectivity index (χ1n) is 4.76. The second-order valence-electron chi connectivity index (χ2n) is 3.53. The molecule has 0 aliphatic carbocycles. The van der Waals surface area contributed by atoms with Gasteiger partial charge in [0.1, 0.15) is 5.82 Å². The average molecular weight is 197 g/mol. The van der Waals surface area contributed by atoms with Gasteiger partial charge in [-0.2, -0.15) is 0 Å². The maximum atomic E-state index is 12.6. The van der Waals surface area contributed by atoms with Gasteiger partial charge in [0.25, 0.3) is 0 Å². The smallest absolute Gasteiger partial charge is 0.123 e. The predicted molar refractivity (Wildman–Crippen MR) is 54.5 cm³/mol. The van der Waals surface area contributed by atoms with Gasteiger partial charge in [-0.3, -0.25) is 0 Å². The number of benzene rings is 1. The summed E-state index contributed by atoms with van der Waals surface area (Å²) >= 11 is 0. The van der Waals surface area contributed by atoms with E-state index < -0.39 is 0 Å². The number of hydrogen-bond donors (Lipinski definition) is 2. The third-order valence-corrected chi connectivity index (χ3v) is 2.09. The van der Waals surface area contributed by atoms with E-state index in [-0.39, 0.29) is 18.0 Å². The molecule has 1 aromatic rings. The Bertz CT molecular complexity index is 271. The second-order valence-corrected chi connectivity index (χ2v) is 3.53. The fraction of sp³-hybridized carbons (Fsp3) is 0.455. The molecule has 0 spiro atoms. The first-order chi connectivity index (χ1) is 6.59. The third-order valence-electron chi connectivity index (χ3n) is 2.09. The van der Waals surface area contributed by atoms with Crippen LogP contribution in [0.15, 0.2) is 24.3 Å². The van der Waals surface area contributed by atoms with Gasteiger partial charge >= 0.3 is 0 Å². The quantitative estimate of drug-likeness (QED) is 0.772. The van der Waals surface area contributed by atoms with E-state index in [0.29, 0.717) is 6.54 Å². The minimum absolute atomic E-state index is 0.130. The molecule has 0 heterocycles. The lowest BCUT2D eigenvalue weighted by atomic mass is 10.1. The van der Waals surface area contributed by atoms with Crippen LogP contribution in [0.3, 0.4) is 0 Å². The summed E-state index contributed by atoms with van der Waals surface area (Å²) in [4.78, 5) is 0. The van der Waals surface area contributed by atoms with E-state index in [1.54, 1.807) is 19.1 Å². The molecule has 2 nitrogen and oxygen atoms in total. The van der Waals surface area contributed by atoms with Gasteiger partial charge in [0.05, 0.1) is 6.10 Å². The largest absolute Gasteiger partial charge is 0.392 e. The monoisotopic (exact) mass is 197 g/mol. The molecule has 78 valence electrons. The summed E-state index contributed by atoms with van der Waals surface area (Å²) < 4.78 is 12.6. The van der Waals surface area contributed by atoms with E-state index in [2.05, 4.69) is 5.32 Å². The lowest BCUT2D eigenvalue weighted by Gasteiger charge is -2.15. The Morgan fingerprint density at radius 1 is 1.29 bits per heavy atom. The molecule has 0 fully saturated rings. The third kappa shape index (κ3) is 3.44. The van der Waals surface area contributed by atoms with E-state index in [0.717, 1.165) is 5.56 Å². The van der Waals surface area contributed by atoms with Crippen molar-refractivity contribution in [3.8, 4) is 0 Å². The van der Waals surface area contributed by atoms with Crippen molar-refractivity contribution in [3.63, 3.8) is 0 Å². The van der Waals surface area contributed by atoms with Crippen LogP contribution in [0.4, 0.5) is 4.39 Å². The van der Waals surface area contributed by atoms with Crippen LogP contribution in [0.5, 0.6) is 0 Å². The molecule has 0 aromatic heterocycles. The fourth-order valence-electron chi connectivity index (χ4n) is 1.22. The molecule has 0 amide bonds. The second kappa shape index (κ2) is 5.08. The Morgan fingerprint density at radius 2 is 1.86 bits per heavy atom. The van der Waals surface area contributed by atoms with Crippen molar-refractivity contribution in [2.45, 2.75) is 26.0 Å². The zero-order valence-corrected chi connectivity index (χ0v) is 8.50. The zero-order chi connectivity index (χ0) is 10.6. The molecule has 0 bridgehead atoms. The molecule has 1 aromatic carbocycles. The Hall–Kier alpha value is -0.930. The molecule has 0 radical (unpaired) electrons. The first kappa shape index (κ1) is 11.1. The minimum Gasteiger partial charge on any atom is -0.392 e. The van der Waals surface area contributed by atoms with Crippen LogP contribution in [0.2, 0.25) is 0 Å². The van der Waals surface area contributed by atoms with E-state index >= 15 is 0 Å². The normalized spacial score (nSPS) is 15.1. The van der Waals surface area contributed by atoms with Crippen LogP contribution in [-0.4, -0.2) is 17.8 Å². The van der Waals surface area contributed by atoms with Crippen molar-refractivity contribution >= 4 is 0 Å². The van der Waals surface area contributed by atoms with Crippen LogP contribution in [-0.2, 0) is 0 Å². The van der Waals surface area contributed by atoms with Crippen molar-refractivity contribution in [2.75, 3.05) is 6.54 Å². The van der Waals surface area contributed by atoms with E-state index in [1.165, 1.54) is 12.1 Å². The number of rotatable bonds is 4. The number of aliphatic hydroxyl groups is 1. The molecule has 0 saturated carbocycles. The Balaban J connectivity index is 2.52. The molecule has 1 unspecified atom stereocenters. The maximum Gasteiger partial charge on any atom is 0.123 e. The number of halogens is 1. The lowest BCUT2D eigenvalue weighted by molar-refractivity contribution is 0.187. The average Bonchev–Trinajstić information content (AvgIpc) is 2.15. The van der Waals surface area contributed by atoms with Crippen molar-refractivity contribution in [1.29, 1.82) is 0 Å². The molecule has 0 aliphatic heterocycles. The van der Waals surface area contributed by atoms with Crippen LogP contribution < -0.4 is 5.32 Å². The standard InChI is InChI=1S/C11H16FNO/c1-8(14)7-13-9(2)10-3-5-11(12)6-4-10/h3-6,8-9,13-14H,7H2,1-2H3/t8?,9-/m1/s1. The van der Waals surface area contributed by atoms with Crippen LogP contribution in [0, 0.1) is 5.82 Å². The van der Waals surface area contributed by atoms with Gasteiger partial charge in [0.2, 0.25) is 0 Å². The fourth-order valence-corrected chi connectivity index (χ4v) is 1.22. The summed E-state index contributed by atoms with van der Waals surface area (Å²) in [7, 11) is 0. The molecule has 0 saturated heterocycles. The molecule has 3 heteroatoms. The first-order valence-corrected chi connectivity index (χ1v) is 4.76. The van der Waals surface area contributed by atoms with Gasteiger partial charge in [0, 0.05) is 12.6 Å². The minimum atomic E-state index is -0.363. The van der Waals surface area contributed by atoms with Gasteiger partial charge in [-0.25, -0.2) is 4.39 Å². The van der Waals surface area contributed by atoms with Crippen LogP contribution >= 0.6 is 0 Å². The van der Waals surface area contributed by atoms with Crippen molar-refractivity contribution in [1.82, 2.24) is 5.32 Å².